The van der Waals surface area contributed by atoms with E-state index in [0.29, 0.717) is 5.69 Å². The molecule has 29 heavy (non-hydrogen) atoms. The van der Waals surface area contributed by atoms with Crippen molar-refractivity contribution in [3.8, 4) is 0 Å². The molecule has 1 N–H and O–H groups in total. The fraction of sp³-hybridized carbons (Fsp3) is 0.278. The number of rotatable bonds is 5. The van der Waals surface area contributed by atoms with Gasteiger partial charge in [0.15, 0.2) is 11.2 Å². The van der Waals surface area contributed by atoms with Crippen molar-refractivity contribution >= 4 is 28.7 Å². The van der Waals surface area contributed by atoms with E-state index in [1.165, 1.54) is 65.8 Å². The van der Waals surface area contributed by atoms with Gasteiger partial charge in [0.1, 0.15) is 12.4 Å². The zero-order valence-corrected chi connectivity index (χ0v) is 16.0. The van der Waals surface area contributed by atoms with Crippen molar-refractivity contribution in [2.24, 2.45) is 14.1 Å². The second-order valence-electron chi connectivity index (χ2n) is 6.56. The summed E-state index contributed by atoms with van der Waals surface area (Å²) >= 11 is 0. The minimum absolute atomic E-state index is 0.118. The molecule has 3 rings (SSSR count). The zero-order chi connectivity index (χ0) is 21.3. The predicted octanol–water partition coefficient (Wildman–Crippen LogP) is -0.330. The van der Waals surface area contributed by atoms with Gasteiger partial charge in [-0.1, -0.05) is 0 Å². The molecule has 0 spiro atoms. The lowest BCUT2D eigenvalue weighted by molar-refractivity contribution is -0.133. The van der Waals surface area contributed by atoms with Crippen molar-refractivity contribution in [1.82, 2.24) is 23.6 Å². The van der Waals surface area contributed by atoms with Crippen molar-refractivity contribution in [3.05, 3.63) is 57.2 Å². The summed E-state index contributed by atoms with van der Waals surface area (Å²) in [5, 5.41) is 2.56. The molecule has 0 aliphatic heterocycles. The maximum absolute atomic E-state index is 12.9. The highest BCUT2D eigenvalue weighted by molar-refractivity contribution is 5.94. The van der Waals surface area contributed by atoms with Crippen LogP contribution in [-0.4, -0.2) is 49.0 Å². The Balaban J connectivity index is 1.73. The van der Waals surface area contributed by atoms with E-state index in [1.807, 2.05) is 0 Å². The van der Waals surface area contributed by atoms with Crippen molar-refractivity contribution in [3.63, 3.8) is 0 Å². The molecule has 152 valence electrons. The first kappa shape index (κ1) is 20.0. The van der Waals surface area contributed by atoms with Gasteiger partial charge in [-0.3, -0.25) is 23.5 Å². The number of halogens is 1. The standard InChI is InChI=1S/C18H19FN6O4/c1-22(8-13(26)21-12-6-4-11(19)5-7-12)14(27)9-25-10-20-16-15(25)17(28)24(3)18(29)23(16)2/h4-7,10H,8-9H2,1-3H3,(H,21,26). The number of fused-ring (bicyclic) bond motifs is 1. The summed E-state index contributed by atoms with van der Waals surface area (Å²) in [4.78, 5) is 54.2. The van der Waals surface area contributed by atoms with Gasteiger partial charge < -0.3 is 14.8 Å². The zero-order valence-electron chi connectivity index (χ0n) is 16.0. The molecule has 0 bridgehead atoms. The number of nitrogens with zero attached hydrogens (tertiary/aromatic N) is 5. The van der Waals surface area contributed by atoms with Gasteiger partial charge in [-0.2, -0.15) is 0 Å². The number of anilines is 1. The van der Waals surface area contributed by atoms with Gasteiger partial charge >= 0.3 is 5.69 Å². The number of amides is 2. The van der Waals surface area contributed by atoms with E-state index in [0.717, 1.165) is 4.57 Å². The van der Waals surface area contributed by atoms with Gasteiger partial charge in [0.25, 0.3) is 5.56 Å². The number of hydrogen-bond acceptors (Lipinski definition) is 5. The molecule has 0 saturated carbocycles. The number of likely N-dealkylation sites (N-methyl/N-ethyl adjacent to an activating group) is 1. The van der Waals surface area contributed by atoms with E-state index < -0.39 is 28.9 Å². The first-order chi connectivity index (χ1) is 13.7. The van der Waals surface area contributed by atoms with Crippen LogP contribution in [0.2, 0.25) is 0 Å². The fourth-order valence-electron chi connectivity index (χ4n) is 2.82. The Morgan fingerprint density at radius 2 is 1.79 bits per heavy atom. The molecular formula is C18H19FN6O4. The molecule has 2 heterocycles. The third-order valence-electron chi connectivity index (χ3n) is 4.46. The van der Waals surface area contributed by atoms with Gasteiger partial charge in [0.05, 0.1) is 12.9 Å². The van der Waals surface area contributed by atoms with E-state index >= 15 is 0 Å². The topological polar surface area (TPSA) is 111 Å². The summed E-state index contributed by atoms with van der Waals surface area (Å²) in [6.07, 6.45) is 1.30. The summed E-state index contributed by atoms with van der Waals surface area (Å²) in [6, 6.07) is 5.24. The molecule has 0 aliphatic carbocycles. The van der Waals surface area contributed by atoms with E-state index in [9.17, 15) is 23.6 Å². The summed E-state index contributed by atoms with van der Waals surface area (Å²) in [6.45, 7) is -0.469. The lowest BCUT2D eigenvalue weighted by Gasteiger charge is -2.17. The summed E-state index contributed by atoms with van der Waals surface area (Å²) in [5.41, 5.74) is -0.393. The van der Waals surface area contributed by atoms with Crippen molar-refractivity contribution in [2.75, 3.05) is 18.9 Å². The number of aromatic nitrogens is 4. The predicted molar refractivity (Wildman–Crippen MR) is 103 cm³/mol. The molecule has 0 atom stereocenters. The van der Waals surface area contributed by atoms with Crippen LogP contribution in [0.15, 0.2) is 40.2 Å². The Bertz CT molecular complexity index is 1210. The first-order valence-electron chi connectivity index (χ1n) is 8.59. The molecule has 10 nitrogen and oxygen atoms in total. The second-order valence-corrected chi connectivity index (χ2v) is 6.56. The van der Waals surface area contributed by atoms with Gasteiger partial charge in [0.2, 0.25) is 11.8 Å². The minimum Gasteiger partial charge on any atom is -0.335 e. The maximum Gasteiger partial charge on any atom is 0.332 e. The number of benzene rings is 1. The number of nitrogens with one attached hydrogen (secondary N) is 1. The van der Waals surface area contributed by atoms with Crippen LogP contribution in [0.1, 0.15) is 0 Å². The van der Waals surface area contributed by atoms with Gasteiger partial charge in [-0.15, -0.1) is 0 Å². The smallest absolute Gasteiger partial charge is 0.332 e. The third-order valence-corrected chi connectivity index (χ3v) is 4.46. The Hall–Kier alpha value is -3.76. The van der Waals surface area contributed by atoms with Crippen molar-refractivity contribution in [2.45, 2.75) is 6.54 Å². The fourth-order valence-corrected chi connectivity index (χ4v) is 2.82. The van der Waals surface area contributed by atoms with Crippen LogP contribution in [0.5, 0.6) is 0 Å². The number of carbonyl (C=O) groups excluding carboxylic acids is 2. The highest BCUT2D eigenvalue weighted by Gasteiger charge is 2.18. The Labute approximate surface area is 163 Å². The van der Waals surface area contributed by atoms with Crippen molar-refractivity contribution < 1.29 is 14.0 Å². The molecule has 0 radical (unpaired) electrons. The third kappa shape index (κ3) is 3.93. The molecule has 0 fully saturated rings. The average molecular weight is 402 g/mol. The SMILES string of the molecule is CN(CC(=O)Nc1ccc(F)cc1)C(=O)Cn1cnc2c1c(=O)n(C)c(=O)n2C. The second kappa shape index (κ2) is 7.70. The number of carbonyl (C=O) groups is 2. The molecule has 0 aliphatic rings. The average Bonchev–Trinajstić information content (AvgIpc) is 3.10. The normalized spacial score (nSPS) is 10.9. The molecule has 2 aromatic heterocycles. The van der Waals surface area contributed by atoms with Gasteiger partial charge in [-0.25, -0.2) is 14.2 Å². The van der Waals surface area contributed by atoms with Gasteiger partial charge in [0, 0.05) is 26.8 Å². The maximum atomic E-state index is 12.9. The van der Waals surface area contributed by atoms with E-state index in [2.05, 4.69) is 10.3 Å². The van der Waals surface area contributed by atoms with E-state index in [4.69, 9.17) is 0 Å². The Morgan fingerprint density at radius 3 is 2.45 bits per heavy atom. The first-order valence-corrected chi connectivity index (χ1v) is 8.59. The van der Waals surface area contributed by atoms with Crippen LogP contribution < -0.4 is 16.6 Å². The number of aryl methyl sites for hydroxylation is 1. The quantitative estimate of drug-likeness (QED) is 0.628. The van der Waals surface area contributed by atoms with Crippen LogP contribution in [0.3, 0.4) is 0 Å². The highest BCUT2D eigenvalue weighted by atomic mass is 19.1. The van der Waals surface area contributed by atoms with Crippen LogP contribution in [-0.2, 0) is 30.2 Å². The monoisotopic (exact) mass is 402 g/mol. The Morgan fingerprint density at radius 1 is 1.14 bits per heavy atom. The molecule has 11 heteroatoms. The molecule has 2 amide bonds. The highest BCUT2D eigenvalue weighted by Crippen LogP contribution is 2.09. The molecular weight excluding hydrogens is 383 g/mol. The number of imidazole rings is 1. The largest absolute Gasteiger partial charge is 0.335 e. The van der Waals surface area contributed by atoms with Crippen molar-refractivity contribution in [1.29, 1.82) is 0 Å². The summed E-state index contributed by atoms with van der Waals surface area (Å²) in [5.74, 6) is -1.32. The lowest BCUT2D eigenvalue weighted by atomic mass is 10.3. The lowest BCUT2D eigenvalue weighted by Crippen LogP contribution is -2.39. The minimum atomic E-state index is -0.565. The number of hydrogen-bond donors (Lipinski definition) is 1. The molecule has 0 unspecified atom stereocenters. The molecule has 3 aromatic rings. The van der Waals surface area contributed by atoms with Gasteiger partial charge in [-0.05, 0) is 24.3 Å². The summed E-state index contributed by atoms with van der Waals surface area (Å²) < 4.78 is 16.4. The molecule has 1 aromatic carbocycles. The van der Waals surface area contributed by atoms with Crippen LogP contribution in [0.25, 0.3) is 11.2 Å². The van der Waals surface area contributed by atoms with Crippen LogP contribution in [0, 0.1) is 5.82 Å². The summed E-state index contributed by atoms with van der Waals surface area (Å²) in [7, 11) is 4.27. The van der Waals surface area contributed by atoms with E-state index in [1.54, 1.807) is 0 Å². The Kier molecular flexibility index (Phi) is 5.31. The van der Waals surface area contributed by atoms with Crippen LogP contribution in [0.4, 0.5) is 10.1 Å². The van der Waals surface area contributed by atoms with Crippen LogP contribution >= 0.6 is 0 Å². The van der Waals surface area contributed by atoms with E-state index in [-0.39, 0.29) is 24.3 Å². The molecule has 0 saturated heterocycles.